The minimum atomic E-state index is -0.516. The average molecular weight is 377 g/mol. The van der Waals surface area contributed by atoms with E-state index in [4.69, 9.17) is 16.3 Å². The zero-order valence-corrected chi connectivity index (χ0v) is 14.9. The quantitative estimate of drug-likeness (QED) is 0.871. The monoisotopic (exact) mass is 376 g/mol. The summed E-state index contributed by atoms with van der Waals surface area (Å²) in [6.07, 6.45) is 0. The molecule has 1 N–H and O–H groups in total. The van der Waals surface area contributed by atoms with Crippen LogP contribution >= 0.6 is 11.6 Å². The van der Waals surface area contributed by atoms with Crippen LogP contribution in [0, 0.1) is 18.7 Å². The van der Waals surface area contributed by atoms with E-state index in [0.29, 0.717) is 23.8 Å². The van der Waals surface area contributed by atoms with Crippen LogP contribution in [0.3, 0.4) is 0 Å². The van der Waals surface area contributed by atoms with Crippen molar-refractivity contribution < 1.29 is 18.7 Å². The molecule has 2 amide bonds. The molecule has 0 radical (unpaired) electrons. The van der Waals surface area contributed by atoms with Gasteiger partial charge in [0.15, 0.2) is 18.2 Å². The SMILES string of the molecule is Cc1c(Cl)cccc1NC(=O)C1CN(C(=O)COc2ccccc2F)C1. The maximum atomic E-state index is 13.5. The highest BCUT2D eigenvalue weighted by Gasteiger charge is 2.36. The van der Waals surface area contributed by atoms with Crippen LogP contribution in [0.5, 0.6) is 5.75 Å². The van der Waals surface area contributed by atoms with Crippen LogP contribution in [0.25, 0.3) is 0 Å². The van der Waals surface area contributed by atoms with Crippen LogP contribution in [0.4, 0.5) is 10.1 Å². The van der Waals surface area contributed by atoms with E-state index in [0.717, 1.165) is 5.56 Å². The van der Waals surface area contributed by atoms with E-state index >= 15 is 0 Å². The van der Waals surface area contributed by atoms with Crippen molar-refractivity contribution in [2.75, 3.05) is 25.0 Å². The second-order valence-corrected chi connectivity index (χ2v) is 6.52. The Hall–Kier alpha value is -2.60. The second kappa shape index (κ2) is 7.74. The second-order valence-electron chi connectivity index (χ2n) is 6.12. The molecule has 1 heterocycles. The Morgan fingerprint density at radius 1 is 1.23 bits per heavy atom. The molecule has 0 bridgehead atoms. The van der Waals surface area contributed by atoms with Gasteiger partial charge in [0.05, 0.1) is 5.92 Å². The van der Waals surface area contributed by atoms with Crippen molar-refractivity contribution in [2.45, 2.75) is 6.92 Å². The fraction of sp³-hybridized carbons (Fsp3) is 0.263. The molecule has 0 aliphatic carbocycles. The van der Waals surface area contributed by atoms with Crippen molar-refractivity contribution in [3.63, 3.8) is 0 Å². The minimum absolute atomic E-state index is 0.0344. The lowest BCUT2D eigenvalue weighted by molar-refractivity contribution is -0.143. The van der Waals surface area contributed by atoms with E-state index < -0.39 is 5.82 Å². The summed E-state index contributed by atoms with van der Waals surface area (Å²) < 4.78 is 18.7. The topological polar surface area (TPSA) is 58.6 Å². The van der Waals surface area contributed by atoms with Gasteiger partial charge >= 0.3 is 0 Å². The van der Waals surface area contributed by atoms with Gasteiger partial charge < -0.3 is 15.0 Å². The smallest absolute Gasteiger partial charge is 0.260 e. The van der Waals surface area contributed by atoms with Crippen LogP contribution in [-0.2, 0) is 9.59 Å². The van der Waals surface area contributed by atoms with E-state index in [9.17, 15) is 14.0 Å². The summed E-state index contributed by atoms with van der Waals surface area (Å²) in [7, 11) is 0. The molecular formula is C19H18ClFN2O3. The number of carbonyl (C=O) groups is 2. The standard InChI is InChI=1S/C19H18ClFN2O3/c1-12-14(20)5-4-7-16(12)22-19(25)13-9-23(10-13)18(24)11-26-17-8-3-2-6-15(17)21/h2-8,13H,9-11H2,1H3,(H,22,25). The first-order chi connectivity index (χ1) is 12.5. The number of halogens is 2. The highest BCUT2D eigenvalue weighted by molar-refractivity contribution is 6.31. The highest BCUT2D eigenvalue weighted by Crippen LogP contribution is 2.25. The lowest BCUT2D eigenvalue weighted by Crippen LogP contribution is -2.55. The van der Waals surface area contributed by atoms with E-state index in [1.54, 1.807) is 30.3 Å². The zero-order chi connectivity index (χ0) is 18.7. The molecule has 1 aliphatic heterocycles. The number of benzene rings is 2. The molecule has 1 fully saturated rings. The molecule has 136 valence electrons. The highest BCUT2D eigenvalue weighted by atomic mass is 35.5. The Labute approximate surface area is 155 Å². The van der Waals surface area contributed by atoms with Crippen molar-refractivity contribution in [3.05, 3.63) is 58.9 Å². The van der Waals surface area contributed by atoms with Gasteiger partial charge in [-0.25, -0.2) is 4.39 Å². The third kappa shape index (κ3) is 3.96. The van der Waals surface area contributed by atoms with Crippen LogP contribution in [0.1, 0.15) is 5.56 Å². The van der Waals surface area contributed by atoms with Crippen LogP contribution in [-0.4, -0.2) is 36.4 Å². The Morgan fingerprint density at radius 2 is 1.96 bits per heavy atom. The molecular weight excluding hydrogens is 359 g/mol. The zero-order valence-electron chi connectivity index (χ0n) is 14.2. The predicted octanol–water partition coefficient (Wildman–Crippen LogP) is 3.26. The molecule has 1 saturated heterocycles. The number of amides is 2. The summed E-state index contributed by atoms with van der Waals surface area (Å²) in [6, 6.07) is 11.2. The van der Waals surface area contributed by atoms with Crippen LogP contribution < -0.4 is 10.1 Å². The molecule has 2 aromatic rings. The van der Waals surface area contributed by atoms with E-state index in [-0.39, 0.29) is 30.1 Å². The largest absolute Gasteiger partial charge is 0.481 e. The molecule has 0 saturated carbocycles. The Morgan fingerprint density at radius 3 is 2.69 bits per heavy atom. The molecule has 7 heteroatoms. The number of nitrogens with zero attached hydrogens (tertiary/aromatic N) is 1. The molecule has 0 spiro atoms. The van der Waals surface area contributed by atoms with Gasteiger partial charge in [-0.05, 0) is 36.8 Å². The first-order valence-corrected chi connectivity index (χ1v) is 8.54. The first kappa shape index (κ1) is 18.2. The van der Waals surface area contributed by atoms with Gasteiger partial charge in [-0.15, -0.1) is 0 Å². The summed E-state index contributed by atoms with van der Waals surface area (Å²) in [6.45, 7) is 2.19. The molecule has 0 aromatic heterocycles. The van der Waals surface area contributed by atoms with E-state index in [1.807, 2.05) is 6.92 Å². The third-order valence-electron chi connectivity index (χ3n) is 4.32. The van der Waals surface area contributed by atoms with Crippen molar-refractivity contribution >= 4 is 29.1 Å². The first-order valence-electron chi connectivity index (χ1n) is 8.17. The lowest BCUT2D eigenvalue weighted by atomic mass is 9.98. The number of anilines is 1. The summed E-state index contributed by atoms with van der Waals surface area (Å²) in [4.78, 5) is 25.9. The molecule has 0 unspecified atom stereocenters. The van der Waals surface area contributed by atoms with Gasteiger partial charge in [0.1, 0.15) is 0 Å². The van der Waals surface area contributed by atoms with Gasteiger partial charge in [0, 0.05) is 23.8 Å². The van der Waals surface area contributed by atoms with Gasteiger partial charge in [-0.2, -0.15) is 0 Å². The average Bonchev–Trinajstić information content (AvgIpc) is 2.57. The third-order valence-corrected chi connectivity index (χ3v) is 4.73. The van der Waals surface area contributed by atoms with Crippen molar-refractivity contribution in [2.24, 2.45) is 5.92 Å². The van der Waals surface area contributed by atoms with E-state index in [1.165, 1.54) is 17.0 Å². The Balaban J connectivity index is 1.47. The van der Waals surface area contributed by atoms with Crippen molar-refractivity contribution in [1.29, 1.82) is 0 Å². The van der Waals surface area contributed by atoms with Crippen molar-refractivity contribution in [3.8, 4) is 5.75 Å². The lowest BCUT2D eigenvalue weighted by Gasteiger charge is -2.38. The fourth-order valence-corrected chi connectivity index (χ4v) is 2.79. The van der Waals surface area contributed by atoms with Gasteiger partial charge in [0.2, 0.25) is 5.91 Å². The number of hydrogen-bond acceptors (Lipinski definition) is 3. The maximum Gasteiger partial charge on any atom is 0.260 e. The normalized spacial score (nSPS) is 13.9. The Kier molecular flexibility index (Phi) is 5.42. The number of rotatable bonds is 5. The number of hydrogen-bond donors (Lipinski definition) is 1. The molecule has 26 heavy (non-hydrogen) atoms. The van der Waals surface area contributed by atoms with Gasteiger partial charge in [-0.3, -0.25) is 9.59 Å². The summed E-state index contributed by atoms with van der Waals surface area (Å²) in [5.41, 5.74) is 1.46. The molecule has 1 aliphatic rings. The molecule has 2 aromatic carbocycles. The van der Waals surface area contributed by atoms with Gasteiger partial charge in [-0.1, -0.05) is 29.8 Å². The van der Waals surface area contributed by atoms with Gasteiger partial charge in [0.25, 0.3) is 5.91 Å². The fourth-order valence-electron chi connectivity index (χ4n) is 2.62. The van der Waals surface area contributed by atoms with Crippen molar-refractivity contribution in [1.82, 2.24) is 4.90 Å². The number of ether oxygens (including phenoxy) is 1. The maximum absolute atomic E-state index is 13.5. The predicted molar refractivity (Wildman–Crippen MR) is 96.8 cm³/mol. The number of nitrogens with one attached hydrogen (secondary N) is 1. The molecule has 3 rings (SSSR count). The summed E-state index contributed by atoms with van der Waals surface area (Å²) in [5.74, 6) is -1.21. The number of likely N-dealkylation sites (tertiary alicyclic amines) is 1. The number of para-hydroxylation sites is 1. The summed E-state index contributed by atoms with van der Waals surface area (Å²) >= 11 is 6.04. The molecule has 0 atom stereocenters. The summed E-state index contributed by atoms with van der Waals surface area (Å²) in [5, 5.41) is 3.42. The minimum Gasteiger partial charge on any atom is -0.481 e. The van der Waals surface area contributed by atoms with E-state index in [2.05, 4.69) is 5.32 Å². The molecule has 5 nitrogen and oxygen atoms in total. The van der Waals surface area contributed by atoms with Crippen LogP contribution in [0.2, 0.25) is 5.02 Å². The number of carbonyl (C=O) groups excluding carboxylic acids is 2. The van der Waals surface area contributed by atoms with Crippen LogP contribution in [0.15, 0.2) is 42.5 Å². The Bertz CT molecular complexity index is 837.